The Morgan fingerprint density at radius 1 is 1.00 bits per heavy atom. The molecule has 33 heavy (non-hydrogen) atoms. The van der Waals surface area contributed by atoms with Crippen LogP contribution >= 0.6 is 0 Å². The number of quaternary nitrogens is 1. The van der Waals surface area contributed by atoms with Gasteiger partial charge in [0, 0.05) is 18.2 Å². The van der Waals surface area contributed by atoms with Gasteiger partial charge < -0.3 is 19.6 Å². The van der Waals surface area contributed by atoms with Crippen LogP contribution in [0.4, 0.5) is 18.9 Å². The molecular weight excluding hydrogens is 441 g/mol. The molecule has 1 unspecified atom stereocenters. The third kappa shape index (κ3) is 4.82. The molecule has 1 atom stereocenters. The number of halogens is 3. The molecule has 0 fully saturated rings. The van der Waals surface area contributed by atoms with Gasteiger partial charge >= 0.3 is 6.18 Å². The van der Waals surface area contributed by atoms with Crippen molar-refractivity contribution in [1.82, 2.24) is 5.16 Å². The van der Waals surface area contributed by atoms with Gasteiger partial charge in [0.1, 0.15) is 18.1 Å². The number of phenols is 1. The Kier molecular flexibility index (Phi) is 6.05. The summed E-state index contributed by atoms with van der Waals surface area (Å²) in [5, 5.41) is 32.5. The second kappa shape index (κ2) is 8.94. The van der Waals surface area contributed by atoms with Crippen molar-refractivity contribution in [3.05, 3.63) is 89.3 Å². The normalized spacial score (nSPS) is 12.5. The maximum Gasteiger partial charge on any atom is 0.437 e. The van der Waals surface area contributed by atoms with Crippen LogP contribution in [-0.2, 0) is 12.8 Å². The monoisotopic (exact) mass is 458 g/mol. The lowest BCUT2D eigenvalue weighted by molar-refractivity contribution is -0.991. The number of aromatic hydroxyl groups is 1. The lowest BCUT2D eigenvalue weighted by Crippen LogP contribution is -2.99. The van der Waals surface area contributed by atoms with E-state index in [2.05, 4.69) is 5.16 Å². The Bertz CT molecular complexity index is 1240. The van der Waals surface area contributed by atoms with E-state index in [0.717, 1.165) is 0 Å². The predicted molar refractivity (Wildman–Crippen MR) is 111 cm³/mol. The number of nitrogens with zero attached hydrogens (tertiary/aromatic N) is 1. The molecule has 4 aromatic rings. The lowest BCUT2D eigenvalue weighted by atomic mass is 9.98. The van der Waals surface area contributed by atoms with Crippen LogP contribution in [0.5, 0.6) is 11.5 Å². The number of rotatable bonds is 6. The number of nitrogens with one attached hydrogen (secondary N) is 1. The number of ether oxygens (including phenoxy) is 1. The topological polar surface area (TPSA) is 103 Å². The summed E-state index contributed by atoms with van der Waals surface area (Å²) in [5.41, 5.74) is -0.361. The van der Waals surface area contributed by atoms with Gasteiger partial charge in [0.05, 0.1) is 11.1 Å². The van der Waals surface area contributed by atoms with Gasteiger partial charge in [0.25, 0.3) is 0 Å². The number of phenolic OH excluding ortho intramolecular Hbond substituents is 1. The molecule has 3 aromatic carbocycles. The Balaban J connectivity index is 1.61. The summed E-state index contributed by atoms with van der Waals surface area (Å²) >= 11 is 0. The summed E-state index contributed by atoms with van der Waals surface area (Å²) in [5.74, 6) is -0.312. The highest BCUT2D eigenvalue weighted by atomic mass is 19.4. The highest BCUT2D eigenvalue weighted by Crippen LogP contribution is 2.45. The van der Waals surface area contributed by atoms with E-state index in [1.807, 2.05) is 0 Å². The first-order valence-corrected chi connectivity index (χ1v) is 9.65. The molecule has 0 radical (unpaired) electrons. The summed E-state index contributed by atoms with van der Waals surface area (Å²) in [6, 6.07) is 18.0. The number of alkyl halides is 3. The largest absolute Gasteiger partial charge is 0.595 e. The fraction of sp³-hybridized carbons (Fsp3) is 0.0870. The molecule has 0 bridgehead atoms. The summed E-state index contributed by atoms with van der Waals surface area (Å²) < 4.78 is 51.2. The van der Waals surface area contributed by atoms with Gasteiger partial charge in [-0.1, -0.05) is 35.5 Å². The zero-order chi connectivity index (χ0) is 23.6. The van der Waals surface area contributed by atoms with Crippen LogP contribution in [0.15, 0.2) is 77.3 Å². The fourth-order valence-corrected chi connectivity index (χ4v) is 3.24. The summed E-state index contributed by atoms with van der Waals surface area (Å²) in [6.45, 7) is 0.0917. The van der Waals surface area contributed by atoms with Crippen molar-refractivity contribution in [3.8, 4) is 33.9 Å². The molecule has 7 nitrogen and oxygen atoms in total. The summed E-state index contributed by atoms with van der Waals surface area (Å²) in [6.07, 6.45) is -4.75. The van der Waals surface area contributed by atoms with Crippen LogP contribution in [-0.4, -0.2) is 15.5 Å². The molecule has 0 aliphatic heterocycles. The second-order valence-electron chi connectivity index (χ2n) is 7.07. The van der Waals surface area contributed by atoms with E-state index in [9.17, 15) is 23.5 Å². The molecule has 3 N–H and O–H groups in total. The zero-order valence-electron chi connectivity index (χ0n) is 16.8. The molecule has 170 valence electrons. The lowest BCUT2D eigenvalue weighted by Gasteiger charge is -2.12. The average Bonchev–Trinajstić information content (AvgIpc) is 3.24. The number of hydrogen-bond donors (Lipinski definition) is 3. The molecule has 0 saturated carbocycles. The number of benzene rings is 3. The Morgan fingerprint density at radius 3 is 2.30 bits per heavy atom. The summed E-state index contributed by atoms with van der Waals surface area (Å²) in [7, 11) is 0. The Labute approximate surface area is 185 Å². The summed E-state index contributed by atoms with van der Waals surface area (Å²) in [4.78, 5) is 0. The third-order valence-corrected chi connectivity index (χ3v) is 4.84. The van der Waals surface area contributed by atoms with E-state index in [1.54, 1.807) is 30.3 Å². The molecule has 10 heteroatoms. The van der Waals surface area contributed by atoms with Crippen molar-refractivity contribution < 1.29 is 38.0 Å². The van der Waals surface area contributed by atoms with Crippen molar-refractivity contribution in [1.29, 1.82) is 0 Å². The SMILES string of the molecule is [O-][NH+](O)c1ccc(COc2ccc(-c3onc(C(F)(F)F)c3-c3ccccc3)c(O)c2)cc1. The van der Waals surface area contributed by atoms with E-state index in [4.69, 9.17) is 14.5 Å². The first-order valence-electron chi connectivity index (χ1n) is 9.65. The Morgan fingerprint density at radius 2 is 1.70 bits per heavy atom. The van der Waals surface area contributed by atoms with E-state index < -0.39 is 17.1 Å². The highest BCUT2D eigenvalue weighted by molar-refractivity contribution is 5.84. The second-order valence-corrected chi connectivity index (χ2v) is 7.07. The molecule has 0 spiro atoms. The van der Waals surface area contributed by atoms with E-state index in [1.165, 1.54) is 42.5 Å². The zero-order valence-corrected chi connectivity index (χ0v) is 16.8. The van der Waals surface area contributed by atoms with Crippen LogP contribution in [0, 0.1) is 5.21 Å². The molecular formula is C23H17F3N2O5. The fourth-order valence-electron chi connectivity index (χ4n) is 3.24. The van der Waals surface area contributed by atoms with Crippen LogP contribution < -0.4 is 9.96 Å². The van der Waals surface area contributed by atoms with Gasteiger partial charge in [-0.05, 0) is 35.4 Å². The maximum absolute atomic E-state index is 13.5. The van der Waals surface area contributed by atoms with Crippen molar-refractivity contribution in [2.24, 2.45) is 0 Å². The van der Waals surface area contributed by atoms with Gasteiger partial charge in [0.2, 0.25) is 0 Å². The number of hydrogen-bond acceptors (Lipinski definition) is 6. The molecule has 0 aliphatic carbocycles. The standard InChI is InChI=1S/C23H17F3N2O5/c24-23(25,26)22-20(15-4-2-1-3-5-15)21(33-27-22)18-11-10-17(12-19(18)29)32-13-14-6-8-16(9-7-14)28(30)31/h1-12,28-30H,13H2. The third-order valence-electron chi connectivity index (χ3n) is 4.84. The number of aromatic nitrogens is 1. The first kappa shape index (κ1) is 22.3. The van der Waals surface area contributed by atoms with Crippen LogP contribution in [0.25, 0.3) is 22.5 Å². The average molecular weight is 458 g/mol. The van der Waals surface area contributed by atoms with E-state index >= 15 is 0 Å². The maximum atomic E-state index is 13.5. The van der Waals surface area contributed by atoms with Gasteiger partial charge in [-0.3, -0.25) is 0 Å². The van der Waals surface area contributed by atoms with Crippen molar-refractivity contribution in [2.45, 2.75) is 12.8 Å². The molecule has 4 rings (SSSR count). The van der Waals surface area contributed by atoms with Crippen LogP contribution in [0.2, 0.25) is 0 Å². The minimum absolute atomic E-state index is 0.0232. The molecule has 0 saturated heterocycles. The minimum Gasteiger partial charge on any atom is -0.595 e. The molecule has 0 amide bonds. The van der Waals surface area contributed by atoms with Gasteiger partial charge in [-0.25, -0.2) is 5.21 Å². The van der Waals surface area contributed by atoms with Crippen LogP contribution in [0.1, 0.15) is 11.3 Å². The minimum atomic E-state index is -4.75. The van der Waals surface area contributed by atoms with Crippen LogP contribution in [0.3, 0.4) is 0 Å². The smallest absolute Gasteiger partial charge is 0.437 e. The van der Waals surface area contributed by atoms with E-state index in [0.29, 0.717) is 5.56 Å². The molecule has 1 aromatic heterocycles. The van der Waals surface area contributed by atoms with Crippen molar-refractivity contribution in [3.63, 3.8) is 0 Å². The van der Waals surface area contributed by atoms with Gasteiger partial charge in [-0.15, -0.1) is 0 Å². The highest BCUT2D eigenvalue weighted by Gasteiger charge is 2.40. The molecule has 0 aliphatic rings. The predicted octanol–water partition coefficient (Wildman–Crippen LogP) is 4.72. The first-order chi connectivity index (χ1) is 15.7. The van der Waals surface area contributed by atoms with E-state index in [-0.39, 0.29) is 46.2 Å². The van der Waals surface area contributed by atoms with Gasteiger partial charge in [-0.2, -0.15) is 18.4 Å². The quantitative estimate of drug-likeness (QED) is 0.362. The van der Waals surface area contributed by atoms with Gasteiger partial charge in [0.15, 0.2) is 17.1 Å². The van der Waals surface area contributed by atoms with Crippen molar-refractivity contribution >= 4 is 5.69 Å². The van der Waals surface area contributed by atoms with Crippen molar-refractivity contribution in [2.75, 3.05) is 0 Å². The Hall–Kier alpha value is -3.86. The molecule has 1 heterocycles.